The minimum absolute atomic E-state index is 0.125. The van der Waals surface area contributed by atoms with E-state index in [0.29, 0.717) is 5.75 Å². The fourth-order valence-corrected chi connectivity index (χ4v) is 4.17. The first-order chi connectivity index (χ1) is 13.2. The highest BCUT2D eigenvalue weighted by Gasteiger charge is 2.34. The topological polar surface area (TPSA) is 105 Å². The lowest BCUT2D eigenvalue weighted by molar-refractivity contribution is -0.384. The second-order valence-electron chi connectivity index (χ2n) is 6.43. The SMILES string of the molecule is CC(C)OC(=O)[C@@H](C)C[P@](=O)(Oc1ccccc1)Oc1ccc([N+](=O)[O-])cc1. The molecule has 28 heavy (non-hydrogen) atoms. The van der Waals surface area contributed by atoms with Gasteiger partial charge >= 0.3 is 13.6 Å². The van der Waals surface area contributed by atoms with Crippen LogP contribution in [0.3, 0.4) is 0 Å². The fraction of sp³-hybridized carbons (Fsp3) is 0.316. The predicted octanol–water partition coefficient (Wildman–Crippen LogP) is 4.83. The van der Waals surface area contributed by atoms with Crippen molar-refractivity contribution in [3.05, 3.63) is 64.7 Å². The number of carbonyl (C=O) groups excluding carboxylic acids is 1. The highest BCUT2D eigenvalue weighted by atomic mass is 31.2. The van der Waals surface area contributed by atoms with Gasteiger partial charge < -0.3 is 13.8 Å². The molecule has 2 rings (SSSR count). The van der Waals surface area contributed by atoms with Gasteiger partial charge in [0.1, 0.15) is 11.5 Å². The quantitative estimate of drug-likeness (QED) is 0.254. The van der Waals surface area contributed by atoms with Gasteiger partial charge in [-0.15, -0.1) is 0 Å². The van der Waals surface area contributed by atoms with Gasteiger partial charge in [0.15, 0.2) is 0 Å². The molecule has 0 aliphatic rings. The molecule has 0 radical (unpaired) electrons. The van der Waals surface area contributed by atoms with Crippen LogP contribution in [0.25, 0.3) is 0 Å². The summed E-state index contributed by atoms with van der Waals surface area (Å²) in [7, 11) is -3.83. The van der Waals surface area contributed by atoms with Crippen molar-refractivity contribution in [3.63, 3.8) is 0 Å². The van der Waals surface area contributed by atoms with Gasteiger partial charge in [0, 0.05) is 12.1 Å². The number of hydrogen-bond donors (Lipinski definition) is 0. The average molecular weight is 407 g/mol. The van der Waals surface area contributed by atoms with Crippen molar-refractivity contribution in [1.29, 1.82) is 0 Å². The van der Waals surface area contributed by atoms with Crippen LogP contribution in [0.5, 0.6) is 11.5 Å². The number of rotatable bonds is 9. The van der Waals surface area contributed by atoms with Crippen molar-refractivity contribution in [1.82, 2.24) is 0 Å². The van der Waals surface area contributed by atoms with Crippen LogP contribution in [0.1, 0.15) is 20.8 Å². The van der Waals surface area contributed by atoms with Crippen molar-refractivity contribution in [3.8, 4) is 11.5 Å². The van der Waals surface area contributed by atoms with Crippen molar-refractivity contribution < 1.29 is 28.1 Å². The van der Waals surface area contributed by atoms with Crippen molar-refractivity contribution in [2.75, 3.05) is 6.16 Å². The number of hydrogen-bond acceptors (Lipinski definition) is 7. The second kappa shape index (κ2) is 9.37. The predicted molar refractivity (Wildman–Crippen MR) is 104 cm³/mol. The van der Waals surface area contributed by atoms with Crippen LogP contribution in [0.15, 0.2) is 54.6 Å². The van der Waals surface area contributed by atoms with Gasteiger partial charge in [-0.2, -0.15) is 0 Å². The second-order valence-corrected chi connectivity index (χ2v) is 8.38. The lowest BCUT2D eigenvalue weighted by atomic mass is 10.2. The van der Waals surface area contributed by atoms with Crippen LogP contribution in [-0.4, -0.2) is 23.2 Å². The van der Waals surface area contributed by atoms with Gasteiger partial charge in [0.2, 0.25) is 0 Å². The summed E-state index contributed by atoms with van der Waals surface area (Å²) in [6, 6.07) is 13.6. The molecule has 2 aromatic rings. The number of esters is 1. The summed E-state index contributed by atoms with van der Waals surface area (Å²) in [4.78, 5) is 22.4. The minimum Gasteiger partial charge on any atom is -0.463 e. The Hall–Kier alpha value is -2.86. The number of benzene rings is 2. The molecule has 150 valence electrons. The maximum Gasteiger partial charge on any atom is 0.431 e. The molecule has 0 saturated heterocycles. The van der Waals surface area contributed by atoms with E-state index in [4.69, 9.17) is 13.8 Å². The van der Waals surface area contributed by atoms with Crippen LogP contribution in [0, 0.1) is 16.0 Å². The lowest BCUT2D eigenvalue weighted by Gasteiger charge is -2.22. The molecule has 0 amide bonds. The van der Waals surface area contributed by atoms with Crippen LogP contribution in [0.4, 0.5) is 5.69 Å². The number of nitro groups is 1. The minimum atomic E-state index is -3.83. The maximum absolute atomic E-state index is 13.4. The normalized spacial score (nSPS) is 14.0. The molecule has 8 nitrogen and oxygen atoms in total. The number of nitro benzene ring substituents is 1. The van der Waals surface area contributed by atoms with E-state index in [1.165, 1.54) is 24.3 Å². The largest absolute Gasteiger partial charge is 0.463 e. The molecule has 0 saturated carbocycles. The Bertz CT molecular complexity index is 852. The van der Waals surface area contributed by atoms with Crippen molar-refractivity contribution in [2.24, 2.45) is 5.92 Å². The Morgan fingerprint density at radius 1 is 1.00 bits per heavy atom. The summed E-state index contributed by atoms with van der Waals surface area (Å²) in [5.41, 5.74) is -0.125. The van der Waals surface area contributed by atoms with Gasteiger partial charge in [-0.1, -0.05) is 25.1 Å². The molecule has 2 aromatic carbocycles. The van der Waals surface area contributed by atoms with E-state index >= 15 is 0 Å². The van der Waals surface area contributed by atoms with E-state index in [2.05, 4.69) is 0 Å². The summed E-state index contributed by atoms with van der Waals surface area (Å²) in [6.07, 6.45) is -0.523. The first kappa shape index (κ1) is 21.4. The third-order valence-corrected chi connectivity index (χ3v) is 5.50. The summed E-state index contributed by atoms with van der Waals surface area (Å²) in [5.74, 6) is -0.805. The zero-order valence-corrected chi connectivity index (χ0v) is 16.7. The lowest BCUT2D eigenvalue weighted by Crippen LogP contribution is -2.23. The summed E-state index contributed by atoms with van der Waals surface area (Å²) in [5, 5.41) is 10.8. The smallest absolute Gasteiger partial charge is 0.431 e. The molecule has 0 aliphatic heterocycles. The molecule has 9 heteroatoms. The first-order valence-corrected chi connectivity index (χ1v) is 10.4. The van der Waals surface area contributed by atoms with Gasteiger partial charge in [-0.25, -0.2) is 4.57 Å². The molecule has 2 atom stereocenters. The van der Waals surface area contributed by atoms with E-state index in [1.807, 2.05) is 0 Å². The van der Waals surface area contributed by atoms with Crippen molar-refractivity contribution in [2.45, 2.75) is 26.9 Å². The number of nitrogens with zero attached hydrogens (tertiary/aromatic N) is 1. The van der Waals surface area contributed by atoms with E-state index in [9.17, 15) is 19.5 Å². The third kappa shape index (κ3) is 6.39. The van der Waals surface area contributed by atoms with Crippen LogP contribution in [0.2, 0.25) is 0 Å². The number of non-ortho nitro benzene ring substituents is 1. The summed E-state index contributed by atoms with van der Waals surface area (Å²) >= 11 is 0. The van der Waals surface area contributed by atoms with E-state index < -0.39 is 24.4 Å². The molecule has 0 unspecified atom stereocenters. The maximum atomic E-state index is 13.4. The van der Waals surface area contributed by atoms with Gasteiger partial charge in [0.05, 0.1) is 23.1 Å². The summed E-state index contributed by atoms with van der Waals surface area (Å²) < 4.78 is 29.7. The van der Waals surface area contributed by atoms with Gasteiger partial charge in [-0.05, 0) is 38.1 Å². The fourth-order valence-electron chi connectivity index (χ4n) is 2.28. The van der Waals surface area contributed by atoms with Gasteiger partial charge in [0.25, 0.3) is 5.69 Å². The molecule has 0 aliphatic carbocycles. The van der Waals surface area contributed by atoms with E-state index in [0.717, 1.165) is 0 Å². The molecular weight excluding hydrogens is 385 g/mol. The van der Waals surface area contributed by atoms with Gasteiger partial charge in [-0.3, -0.25) is 14.9 Å². The summed E-state index contributed by atoms with van der Waals surface area (Å²) in [6.45, 7) is 5.01. The Morgan fingerprint density at radius 2 is 1.54 bits per heavy atom. The third-order valence-electron chi connectivity index (χ3n) is 3.53. The number of carbonyl (C=O) groups is 1. The molecule has 0 aromatic heterocycles. The molecule has 0 spiro atoms. The number of para-hydroxylation sites is 1. The standard InChI is InChI=1S/C19H22NO7P/c1-14(2)25-19(21)15(3)13-28(24,26-17-7-5-4-6-8-17)27-18-11-9-16(10-12-18)20(22)23/h4-12,14-15H,13H2,1-3H3/t15-,28-/m0/s1. The Morgan fingerprint density at radius 3 is 2.04 bits per heavy atom. The molecule has 0 bridgehead atoms. The Balaban J connectivity index is 2.23. The van der Waals surface area contributed by atoms with Crippen LogP contribution >= 0.6 is 7.60 Å². The van der Waals surface area contributed by atoms with E-state index in [-0.39, 0.29) is 23.7 Å². The zero-order chi connectivity index (χ0) is 20.7. The first-order valence-electron chi connectivity index (χ1n) is 8.67. The Kier molecular flexibility index (Phi) is 7.18. The average Bonchev–Trinajstić information content (AvgIpc) is 2.62. The zero-order valence-electron chi connectivity index (χ0n) is 15.8. The highest BCUT2D eigenvalue weighted by Crippen LogP contribution is 2.50. The van der Waals surface area contributed by atoms with E-state index in [1.54, 1.807) is 51.1 Å². The monoisotopic (exact) mass is 407 g/mol. The van der Waals surface area contributed by atoms with Crippen molar-refractivity contribution >= 4 is 19.3 Å². The molecule has 0 N–H and O–H groups in total. The molecular formula is C19H22NO7P. The van der Waals surface area contributed by atoms with Crippen LogP contribution < -0.4 is 9.05 Å². The number of ether oxygens (including phenoxy) is 1. The molecule has 0 heterocycles. The molecule has 0 fully saturated rings. The highest BCUT2D eigenvalue weighted by molar-refractivity contribution is 7.54. The Labute approximate surface area is 163 Å². The van der Waals surface area contributed by atoms with Crippen LogP contribution in [-0.2, 0) is 14.1 Å².